The fourth-order valence-corrected chi connectivity index (χ4v) is 3.58. The monoisotopic (exact) mass is 526 g/mol. The zero-order valence-electron chi connectivity index (χ0n) is 21.6. The molecule has 3 atom stereocenters. The van der Waals surface area contributed by atoms with Gasteiger partial charge in [0.1, 0.15) is 29.5 Å². The van der Waals surface area contributed by atoms with Gasteiger partial charge in [-0.2, -0.15) is 0 Å². The second-order valence-electron chi connectivity index (χ2n) is 8.43. The van der Waals surface area contributed by atoms with Gasteiger partial charge in [-0.1, -0.05) is 25.1 Å². The summed E-state index contributed by atoms with van der Waals surface area (Å²) in [4.78, 5) is 29.4. The summed E-state index contributed by atoms with van der Waals surface area (Å²) >= 11 is 0. The molecular formula is C28H31FN2O7. The van der Waals surface area contributed by atoms with E-state index < -0.39 is 41.7 Å². The topological polar surface area (TPSA) is 116 Å². The van der Waals surface area contributed by atoms with E-state index in [1.807, 2.05) is 13.0 Å². The molecule has 38 heavy (non-hydrogen) atoms. The van der Waals surface area contributed by atoms with Crippen LogP contribution in [-0.2, 0) is 9.53 Å². The first-order valence-electron chi connectivity index (χ1n) is 12.1. The van der Waals surface area contributed by atoms with Crippen molar-refractivity contribution in [1.82, 2.24) is 10.3 Å². The summed E-state index contributed by atoms with van der Waals surface area (Å²) in [7, 11) is 1.34. The number of rotatable bonds is 12. The van der Waals surface area contributed by atoms with Crippen molar-refractivity contribution in [3.8, 4) is 23.0 Å². The van der Waals surface area contributed by atoms with Crippen molar-refractivity contribution in [2.45, 2.75) is 45.4 Å². The van der Waals surface area contributed by atoms with Crippen LogP contribution >= 0.6 is 0 Å². The van der Waals surface area contributed by atoms with Crippen LogP contribution < -0.4 is 19.5 Å². The number of methoxy groups -OCH3 is 1. The number of hydrogen-bond donors (Lipinski definition) is 2. The molecule has 1 aromatic heterocycles. The van der Waals surface area contributed by atoms with Crippen molar-refractivity contribution < 1.29 is 38.0 Å². The minimum atomic E-state index is -1.10. The number of ether oxygens (including phenoxy) is 4. The van der Waals surface area contributed by atoms with E-state index in [0.717, 1.165) is 0 Å². The number of nitrogens with zero attached hydrogens (tertiary/aromatic N) is 1. The van der Waals surface area contributed by atoms with Gasteiger partial charge in [-0.15, -0.1) is 0 Å². The maximum atomic E-state index is 14.0. The Balaban J connectivity index is 1.80. The molecule has 2 aromatic carbocycles. The molecule has 10 heteroatoms. The van der Waals surface area contributed by atoms with Crippen LogP contribution in [0.3, 0.4) is 0 Å². The number of esters is 1. The van der Waals surface area contributed by atoms with E-state index >= 15 is 0 Å². The first kappa shape index (κ1) is 28.2. The average molecular weight is 527 g/mol. The number of carbonyl (C=O) groups excluding carboxylic acids is 2. The highest BCUT2D eigenvalue weighted by molar-refractivity contribution is 5.97. The van der Waals surface area contributed by atoms with Crippen molar-refractivity contribution in [2.75, 3.05) is 13.7 Å². The summed E-state index contributed by atoms with van der Waals surface area (Å²) in [5.41, 5.74) is 0.192. The number of aromatic nitrogens is 1. The van der Waals surface area contributed by atoms with Crippen LogP contribution in [0.1, 0.15) is 49.3 Å². The van der Waals surface area contributed by atoms with E-state index in [-0.39, 0.29) is 17.2 Å². The van der Waals surface area contributed by atoms with Crippen molar-refractivity contribution in [3.63, 3.8) is 0 Å². The molecule has 0 saturated carbocycles. The Kier molecular flexibility index (Phi) is 9.86. The SMILES string of the molecule is CCCOc1cc(F)ccc1[C@@H](Oc1ccccc1)[C@H](C)OC(=O)C(C)NC(=O)c1nccc(OC)c1O. The van der Waals surface area contributed by atoms with Gasteiger partial charge in [0.25, 0.3) is 5.91 Å². The van der Waals surface area contributed by atoms with Crippen LogP contribution in [0.25, 0.3) is 0 Å². The largest absolute Gasteiger partial charge is 0.503 e. The minimum Gasteiger partial charge on any atom is -0.503 e. The lowest BCUT2D eigenvalue weighted by Crippen LogP contribution is -2.42. The number of halogens is 1. The van der Waals surface area contributed by atoms with E-state index in [1.54, 1.807) is 31.2 Å². The van der Waals surface area contributed by atoms with Crippen LogP contribution in [0.15, 0.2) is 60.8 Å². The molecule has 3 rings (SSSR count). The zero-order chi connectivity index (χ0) is 27.7. The number of pyridine rings is 1. The van der Waals surface area contributed by atoms with Crippen molar-refractivity contribution >= 4 is 11.9 Å². The van der Waals surface area contributed by atoms with Crippen LogP contribution in [-0.4, -0.2) is 47.8 Å². The predicted octanol–water partition coefficient (Wildman–Crippen LogP) is 4.59. The lowest BCUT2D eigenvalue weighted by Gasteiger charge is -2.28. The van der Waals surface area contributed by atoms with Crippen LogP contribution in [0.2, 0.25) is 0 Å². The fraction of sp³-hybridized carbons (Fsp3) is 0.321. The molecule has 0 aliphatic heterocycles. The Bertz CT molecular complexity index is 1240. The quantitative estimate of drug-likeness (QED) is 0.329. The van der Waals surface area contributed by atoms with Gasteiger partial charge in [0.2, 0.25) is 0 Å². The molecule has 1 unspecified atom stereocenters. The highest BCUT2D eigenvalue weighted by Crippen LogP contribution is 2.34. The van der Waals surface area contributed by atoms with Gasteiger partial charge in [-0.25, -0.2) is 14.2 Å². The van der Waals surface area contributed by atoms with E-state index in [0.29, 0.717) is 24.3 Å². The fourth-order valence-electron chi connectivity index (χ4n) is 3.58. The molecule has 9 nitrogen and oxygen atoms in total. The Labute approximate surface area is 220 Å². The van der Waals surface area contributed by atoms with Gasteiger partial charge in [0.15, 0.2) is 23.3 Å². The smallest absolute Gasteiger partial charge is 0.328 e. The Hall–Kier alpha value is -4.34. The molecule has 1 heterocycles. The summed E-state index contributed by atoms with van der Waals surface area (Å²) < 4.78 is 36.6. The lowest BCUT2D eigenvalue weighted by molar-refractivity contribution is -0.154. The summed E-state index contributed by atoms with van der Waals surface area (Å²) in [5, 5.41) is 12.6. The first-order chi connectivity index (χ1) is 18.2. The highest BCUT2D eigenvalue weighted by atomic mass is 19.1. The molecule has 0 aliphatic carbocycles. The number of carbonyl (C=O) groups is 2. The first-order valence-corrected chi connectivity index (χ1v) is 12.1. The van der Waals surface area contributed by atoms with Crippen LogP contribution in [0.4, 0.5) is 4.39 Å². The molecule has 0 fully saturated rings. The average Bonchev–Trinajstić information content (AvgIpc) is 2.91. The second-order valence-corrected chi connectivity index (χ2v) is 8.43. The van der Waals surface area contributed by atoms with Crippen LogP contribution in [0, 0.1) is 5.82 Å². The minimum absolute atomic E-state index is 0.0651. The summed E-state index contributed by atoms with van der Waals surface area (Å²) in [6.45, 7) is 5.35. The maximum Gasteiger partial charge on any atom is 0.328 e. The van der Waals surface area contributed by atoms with Crippen molar-refractivity contribution in [2.24, 2.45) is 0 Å². The van der Waals surface area contributed by atoms with Gasteiger partial charge in [0.05, 0.1) is 13.7 Å². The number of para-hydroxylation sites is 1. The Morgan fingerprint density at radius 3 is 2.50 bits per heavy atom. The van der Waals surface area contributed by atoms with E-state index in [2.05, 4.69) is 10.3 Å². The molecule has 2 N–H and O–H groups in total. The lowest BCUT2D eigenvalue weighted by atomic mass is 10.0. The van der Waals surface area contributed by atoms with Gasteiger partial charge in [-0.3, -0.25) is 4.79 Å². The molecule has 0 saturated heterocycles. The number of aromatic hydroxyl groups is 1. The Morgan fingerprint density at radius 1 is 1.08 bits per heavy atom. The maximum absolute atomic E-state index is 14.0. The van der Waals surface area contributed by atoms with Crippen molar-refractivity contribution in [1.29, 1.82) is 0 Å². The normalized spacial score (nSPS) is 13.1. The summed E-state index contributed by atoms with van der Waals surface area (Å²) in [5.74, 6) is -1.63. The molecule has 202 valence electrons. The molecule has 0 radical (unpaired) electrons. The zero-order valence-corrected chi connectivity index (χ0v) is 21.6. The molecule has 1 amide bonds. The van der Waals surface area contributed by atoms with Gasteiger partial charge in [0, 0.05) is 23.9 Å². The molecule has 0 spiro atoms. The molecule has 3 aromatic rings. The van der Waals surface area contributed by atoms with Gasteiger partial charge >= 0.3 is 5.97 Å². The standard InChI is InChI=1S/C28H31FN2O7/c1-5-15-36-23-16-19(29)11-12-21(23)26(38-20-9-7-6-8-10-20)18(3)37-28(34)17(2)31-27(33)24-25(32)22(35-4)13-14-30-24/h6-14,16-18,26,32H,5,15H2,1-4H3,(H,31,33)/t17?,18-,26-/m0/s1. The third-order valence-electron chi connectivity index (χ3n) is 5.50. The number of amides is 1. The summed E-state index contributed by atoms with van der Waals surface area (Å²) in [6.07, 6.45) is 0.269. The molecule has 0 bridgehead atoms. The second kappa shape index (κ2) is 13.3. The summed E-state index contributed by atoms with van der Waals surface area (Å²) in [6, 6.07) is 13.3. The van der Waals surface area contributed by atoms with E-state index in [4.69, 9.17) is 18.9 Å². The number of hydrogen-bond acceptors (Lipinski definition) is 8. The third-order valence-corrected chi connectivity index (χ3v) is 5.50. The molecule has 0 aliphatic rings. The predicted molar refractivity (Wildman–Crippen MR) is 137 cm³/mol. The van der Waals surface area contributed by atoms with E-state index in [9.17, 15) is 19.1 Å². The van der Waals surface area contributed by atoms with Crippen molar-refractivity contribution in [3.05, 3.63) is 77.9 Å². The highest BCUT2D eigenvalue weighted by Gasteiger charge is 2.31. The molecular weight excluding hydrogens is 495 g/mol. The van der Waals surface area contributed by atoms with Crippen LogP contribution in [0.5, 0.6) is 23.0 Å². The van der Waals surface area contributed by atoms with E-state index in [1.165, 1.54) is 44.5 Å². The number of benzene rings is 2. The van der Waals surface area contributed by atoms with Gasteiger partial charge < -0.3 is 29.4 Å². The third kappa shape index (κ3) is 7.12. The number of nitrogens with one attached hydrogen (secondary N) is 1. The van der Waals surface area contributed by atoms with Gasteiger partial charge in [-0.05, 0) is 44.5 Å². The Morgan fingerprint density at radius 2 is 1.82 bits per heavy atom.